The largest absolute Gasteiger partial charge is 0.472 e. The zero-order chi connectivity index (χ0) is 96.6. The standard InChI is InChI=1S/2C20H16N2OS.2C20H16N2S2.C19H15N3OS.C19H15N3S2/c24-19-2-1-13-7-16(8-14-3-5-22(19)20(13)14)18-9-17(10-21-11-18)15-4-6-23-12-15;24-19-4-3-13-8-15(9-14-5-6-22(19)20(13)14)16-10-17(12-21-11-16)18-2-1-7-23-18;23-19-2-1-13-7-16(8-14-3-5-22(19)20(13)14)18-9-17(10-21-11-18)15-4-6-24-12-15;23-19-4-3-13-8-15(9-14-5-6-22(19)20(13)14)16-10-17(12-21-11-16)18-2-1-7-24-18;24-18-2-1-12-5-14(6-13-3-4-22(18)19(12)13)15-7-16(9-20-8-15)17-10-23-11-21-17;23-18-2-1-12-5-14(6-13-3-4-22(18)19(12)13)15-7-16(9-20-8-15)17-10-24-11-21-17/h4,6-12H,1-3,5H2;1-2,7-12H,3-6H2;4,6-12H,1-3,5H2;1-2,7-12H,3-6H2;2*5-11H,1-4H2. The van der Waals surface area contributed by atoms with Crippen molar-refractivity contribution in [2.45, 2.75) is 116 Å². The number of thiazole rings is 1. The molecule has 17 nitrogen and oxygen atoms in total. The number of rotatable bonds is 12. The van der Waals surface area contributed by atoms with Crippen LogP contribution in [0.2, 0.25) is 0 Å². The molecular weight excluding hydrogens is 1950 g/mol. The van der Waals surface area contributed by atoms with Gasteiger partial charge in [-0.05, 0) is 338 Å². The summed E-state index contributed by atoms with van der Waals surface area (Å²) in [6, 6.07) is 53.2. The SMILES string of the molecule is S=C1CCc2cc(-c3cncc(-c4ccco4)c3)cc3c2N1CC3.S=C1CCc2cc(-c3cncc(-c4cccs4)c3)cc3c2N1CC3.S=C1CCc2cc(-c3cncc(-c4ccoc4)c3)cc3c2N1CC3.S=C1CCc2cc(-c3cncc(-c4ccsc4)c3)cc3c2N1CC3.S=C1CCc2cc(-c3cncc(-c4cocn4)c3)cc3c2N1CC3.S=C1CCc2cc(-c3cncc(-c4cscn4)c3)cc3c2N1CC3. The lowest BCUT2D eigenvalue weighted by molar-refractivity contribution is 0.558. The highest BCUT2D eigenvalue weighted by atomic mass is 32.1. The van der Waals surface area contributed by atoms with Crippen LogP contribution >= 0.6 is 107 Å². The van der Waals surface area contributed by atoms with Crippen LogP contribution in [0.5, 0.6) is 0 Å². The fourth-order valence-corrected chi connectivity index (χ4v) is 26.3. The maximum atomic E-state index is 5.54. The minimum absolute atomic E-state index is 0.809. The molecule has 0 radical (unpaired) electrons. The van der Waals surface area contributed by atoms with Crippen molar-refractivity contribution in [3.05, 3.63) is 345 Å². The van der Waals surface area contributed by atoms with Gasteiger partial charge in [-0.1, -0.05) is 79.4 Å². The summed E-state index contributed by atoms with van der Waals surface area (Å²) in [5, 5.41) is 8.45. The van der Waals surface area contributed by atoms with Crippen LogP contribution in [0.4, 0.5) is 34.1 Å². The van der Waals surface area contributed by atoms with E-state index >= 15 is 0 Å². The zero-order valence-corrected chi connectivity index (χ0v) is 86.0. The van der Waals surface area contributed by atoms with E-state index in [0.29, 0.717) is 0 Å². The topological polar surface area (TPSA) is 162 Å². The van der Waals surface area contributed by atoms with E-state index < -0.39 is 0 Å². The first-order valence-electron chi connectivity index (χ1n) is 49.2. The molecule has 0 N–H and O–H groups in total. The Morgan fingerprint density at radius 3 is 0.882 bits per heavy atom. The lowest BCUT2D eigenvalue weighted by atomic mass is 9.94. The van der Waals surface area contributed by atoms with Crippen LogP contribution in [0.15, 0.2) is 292 Å². The van der Waals surface area contributed by atoms with E-state index in [1.807, 2.05) is 98.1 Å². The summed E-state index contributed by atoms with van der Waals surface area (Å²) in [5.41, 5.74) is 52.2. The summed E-state index contributed by atoms with van der Waals surface area (Å²) in [6.07, 6.45) is 49.9. The van der Waals surface area contributed by atoms with Crippen molar-refractivity contribution in [2.75, 3.05) is 68.7 Å². The second-order valence-electron chi connectivity index (χ2n) is 38.1. The molecule has 12 aromatic heterocycles. The van der Waals surface area contributed by atoms with Crippen LogP contribution in [-0.4, -0.2) is 109 Å². The van der Waals surface area contributed by atoms with E-state index in [4.69, 9.17) is 86.6 Å². The fourth-order valence-electron chi connectivity index (χ4n) is 22.7. The predicted molar refractivity (Wildman–Crippen MR) is 608 cm³/mol. The first-order chi connectivity index (χ1) is 70.8. The summed E-state index contributed by atoms with van der Waals surface area (Å²) < 4.78 is 15.8. The maximum absolute atomic E-state index is 5.54. The van der Waals surface area contributed by atoms with Crippen molar-refractivity contribution >= 4 is 171 Å². The molecule has 12 aliphatic heterocycles. The van der Waals surface area contributed by atoms with Crippen molar-refractivity contribution in [3.8, 4) is 133 Å². The molecule has 0 fully saturated rings. The van der Waals surface area contributed by atoms with Crippen LogP contribution in [0, 0.1) is 0 Å². The monoisotopic (exact) mass is 2040 g/mol. The average molecular weight is 2040 g/mol. The van der Waals surface area contributed by atoms with Crippen LogP contribution in [0.1, 0.15) is 105 Å². The smallest absolute Gasteiger partial charge is 0.181 e. The third-order valence-corrected chi connectivity index (χ3v) is 34.3. The fraction of sp³-hybridized carbons (Fsp3) is 0.203. The van der Waals surface area contributed by atoms with Crippen molar-refractivity contribution in [1.82, 2.24) is 39.9 Å². The maximum Gasteiger partial charge on any atom is 0.181 e. The van der Waals surface area contributed by atoms with E-state index in [0.717, 1.165) is 252 Å². The molecule has 0 atom stereocenters. The van der Waals surface area contributed by atoms with E-state index in [1.165, 1.54) is 173 Å². The Hall–Kier alpha value is -13.6. The molecule has 26 heteroatoms. The molecule has 12 aliphatic rings. The molecule has 708 valence electrons. The van der Waals surface area contributed by atoms with Gasteiger partial charge in [0, 0.05) is 269 Å². The number of aromatic nitrogens is 8. The van der Waals surface area contributed by atoms with E-state index in [-0.39, 0.29) is 0 Å². The quantitative estimate of drug-likeness (QED) is 0.106. The van der Waals surface area contributed by atoms with Gasteiger partial charge in [0.05, 0.1) is 59.9 Å². The first-order valence-corrected chi connectivity index (χ1v) is 54.4. The second kappa shape index (κ2) is 39.5. The minimum Gasteiger partial charge on any atom is -0.472 e. The molecule has 144 heavy (non-hydrogen) atoms. The Morgan fingerprint density at radius 1 is 0.243 bits per heavy atom. The summed E-state index contributed by atoms with van der Waals surface area (Å²) in [5.74, 6) is 0.850. The molecule has 0 spiro atoms. The normalized spacial score (nSPS) is 15.7. The third-order valence-electron chi connectivity index (χ3n) is 29.5. The molecular formula is C118H94N14O3S9. The highest BCUT2D eigenvalue weighted by Crippen LogP contribution is 2.49. The Morgan fingerprint density at radius 2 is 0.569 bits per heavy atom. The predicted octanol–water partition coefficient (Wildman–Crippen LogP) is 28.1. The molecule has 24 heterocycles. The Kier molecular flexibility index (Phi) is 25.1. The zero-order valence-electron chi connectivity index (χ0n) is 78.7. The molecule has 18 aromatic rings. The van der Waals surface area contributed by atoms with Gasteiger partial charge in [-0.3, -0.25) is 29.9 Å². The van der Waals surface area contributed by atoms with Gasteiger partial charge in [0.15, 0.2) is 6.39 Å². The molecule has 0 saturated heterocycles. The number of hydrogen-bond acceptors (Lipinski definition) is 20. The third kappa shape index (κ3) is 18.0. The van der Waals surface area contributed by atoms with Gasteiger partial charge in [-0.15, -0.1) is 22.7 Å². The molecule has 0 bridgehead atoms. The highest BCUT2D eigenvalue weighted by molar-refractivity contribution is 7.81. The molecule has 0 aliphatic carbocycles. The number of thiophene rings is 2. The lowest BCUT2D eigenvalue weighted by Gasteiger charge is -2.28. The van der Waals surface area contributed by atoms with Crippen molar-refractivity contribution in [1.29, 1.82) is 0 Å². The number of anilines is 6. The number of aryl methyl sites for hydroxylation is 6. The van der Waals surface area contributed by atoms with E-state index in [1.54, 1.807) is 59.1 Å². The Balaban J connectivity index is 0.0000000905. The number of thiocarbonyl (C=S) groups is 6. The van der Waals surface area contributed by atoms with Crippen LogP contribution in [-0.2, 0) is 77.0 Å². The highest BCUT2D eigenvalue weighted by Gasteiger charge is 2.37. The van der Waals surface area contributed by atoms with E-state index in [9.17, 15) is 0 Å². The number of nitrogens with zero attached hydrogens (tertiary/aromatic N) is 14. The minimum atomic E-state index is 0.809. The van der Waals surface area contributed by atoms with Crippen molar-refractivity contribution < 1.29 is 13.3 Å². The first kappa shape index (κ1) is 91.6. The van der Waals surface area contributed by atoms with Crippen LogP contribution in [0.25, 0.3) is 133 Å². The molecule has 0 saturated carbocycles. The second-order valence-corrected chi connectivity index (χ2v) is 43.4. The number of furan rings is 2. The molecule has 0 unspecified atom stereocenters. The van der Waals surface area contributed by atoms with E-state index in [2.05, 4.69) is 218 Å². The van der Waals surface area contributed by atoms with Gasteiger partial charge in [0.2, 0.25) is 0 Å². The van der Waals surface area contributed by atoms with Crippen molar-refractivity contribution in [3.63, 3.8) is 0 Å². The number of benzene rings is 6. The summed E-state index contributed by atoms with van der Waals surface area (Å²) in [4.78, 5) is 57.1. The number of oxazole rings is 1. The van der Waals surface area contributed by atoms with Crippen LogP contribution in [0.3, 0.4) is 0 Å². The van der Waals surface area contributed by atoms with Crippen LogP contribution < -0.4 is 29.4 Å². The van der Waals surface area contributed by atoms with Gasteiger partial charge in [0.25, 0.3) is 0 Å². The molecule has 0 amide bonds. The molecule has 6 aromatic carbocycles. The summed E-state index contributed by atoms with van der Waals surface area (Å²) in [7, 11) is 0. The summed E-state index contributed by atoms with van der Waals surface area (Å²) in [6.45, 7) is 6.17. The number of pyridine rings is 6. The van der Waals surface area contributed by atoms with Crippen molar-refractivity contribution in [2.24, 2.45) is 0 Å². The van der Waals surface area contributed by atoms with Gasteiger partial charge < -0.3 is 42.7 Å². The van der Waals surface area contributed by atoms with Gasteiger partial charge in [0.1, 0.15) is 17.7 Å². The number of hydrogen-bond donors (Lipinski definition) is 0. The van der Waals surface area contributed by atoms with Gasteiger partial charge in [-0.25, -0.2) is 9.97 Å². The summed E-state index contributed by atoms with van der Waals surface area (Å²) >= 11 is 38.3. The Bertz CT molecular complexity index is 6900. The van der Waals surface area contributed by atoms with Gasteiger partial charge in [-0.2, -0.15) is 11.3 Å². The lowest BCUT2D eigenvalue weighted by Crippen LogP contribution is -2.31. The Labute approximate surface area is 879 Å². The molecule has 30 rings (SSSR count). The average Bonchev–Trinajstić information content (AvgIpc) is 0.860. The van der Waals surface area contributed by atoms with Gasteiger partial charge >= 0.3 is 0 Å².